The van der Waals surface area contributed by atoms with E-state index < -0.39 is 6.29 Å². The van der Waals surface area contributed by atoms with Crippen LogP contribution >= 0.6 is 11.6 Å². The Morgan fingerprint density at radius 3 is 2.83 bits per heavy atom. The SMILES string of the molecule is FC1(F)Oc2ccc(Cl)nc2O1. The van der Waals surface area contributed by atoms with Crippen LogP contribution in [0.2, 0.25) is 5.15 Å². The van der Waals surface area contributed by atoms with Crippen LogP contribution in [0.15, 0.2) is 12.1 Å². The lowest BCUT2D eigenvalue weighted by Gasteiger charge is -2.03. The Hall–Kier alpha value is -1.10. The van der Waals surface area contributed by atoms with Crippen molar-refractivity contribution in [2.45, 2.75) is 6.29 Å². The fourth-order valence-electron chi connectivity index (χ4n) is 0.817. The molecule has 0 bridgehead atoms. The van der Waals surface area contributed by atoms with Crippen molar-refractivity contribution >= 4 is 11.6 Å². The largest absolute Gasteiger partial charge is 0.587 e. The molecular formula is C6H2ClF2NO2. The Labute approximate surface area is 70.9 Å². The van der Waals surface area contributed by atoms with Gasteiger partial charge in [0, 0.05) is 0 Å². The molecule has 0 fully saturated rings. The first kappa shape index (κ1) is 7.54. The maximum absolute atomic E-state index is 12.3. The van der Waals surface area contributed by atoms with Crippen LogP contribution in [-0.4, -0.2) is 11.3 Å². The van der Waals surface area contributed by atoms with Crippen LogP contribution in [0.1, 0.15) is 0 Å². The predicted molar refractivity (Wildman–Crippen MR) is 35.5 cm³/mol. The standard InChI is InChI=1S/C6H2ClF2NO2/c7-4-2-1-3-5(10-4)12-6(8,9)11-3/h1-2H. The number of hydrogen-bond donors (Lipinski definition) is 0. The van der Waals surface area contributed by atoms with Gasteiger partial charge < -0.3 is 9.47 Å². The molecule has 0 N–H and O–H groups in total. The van der Waals surface area contributed by atoms with E-state index in [1.807, 2.05) is 0 Å². The fraction of sp³-hybridized carbons (Fsp3) is 0.167. The molecule has 0 aromatic carbocycles. The van der Waals surface area contributed by atoms with E-state index in [0.717, 1.165) is 0 Å². The molecule has 0 spiro atoms. The van der Waals surface area contributed by atoms with Crippen molar-refractivity contribution in [2.75, 3.05) is 0 Å². The summed E-state index contributed by atoms with van der Waals surface area (Å²) in [6, 6.07) is 2.61. The van der Waals surface area contributed by atoms with Gasteiger partial charge in [-0.1, -0.05) is 11.6 Å². The molecular weight excluding hydrogens is 192 g/mol. The van der Waals surface area contributed by atoms with Gasteiger partial charge in [-0.05, 0) is 12.1 Å². The highest BCUT2D eigenvalue weighted by Crippen LogP contribution is 2.39. The second-order valence-corrected chi connectivity index (χ2v) is 2.49. The number of hydrogen-bond acceptors (Lipinski definition) is 3. The van der Waals surface area contributed by atoms with E-state index in [4.69, 9.17) is 11.6 Å². The minimum atomic E-state index is -3.62. The summed E-state index contributed by atoms with van der Waals surface area (Å²) < 4.78 is 32.8. The molecule has 3 nitrogen and oxygen atoms in total. The summed E-state index contributed by atoms with van der Waals surface area (Å²) in [6.45, 7) is 0. The highest BCUT2D eigenvalue weighted by Gasteiger charge is 2.44. The Morgan fingerprint density at radius 1 is 1.33 bits per heavy atom. The first-order valence-corrected chi connectivity index (χ1v) is 3.37. The summed E-state index contributed by atoms with van der Waals surface area (Å²) in [7, 11) is 0. The quantitative estimate of drug-likeness (QED) is 0.591. The van der Waals surface area contributed by atoms with Crippen molar-refractivity contribution in [1.29, 1.82) is 0 Å². The summed E-state index contributed by atoms with van der Waals surface area (Å²) >= 11 is 5.42. The molecule has 2 rings (SSSR count). The van der Waals surface area contributed by atoms with Crippen LogP contribution in [0.5, 0.6) is 11.6 Å². The zero-order valence-corrected chi connectivity index (χ0v) is 6.31. The van der Waals surface area contributed by atoms with Crippen LogP contribution in [0.25, 0.3) is 0 Å². The summed E-state index contributed by atoms with van der Waals surface area (Å²) in [4.78, 5) is 3.49. The Balaban J connectivity index is 2.43. The van der Waals surface area contributed by atoms with Gasteiger partial charge in [-0.15, -0.1) is 8.78 Å². The molecule has 0 atom stereocenters. The first-order valence-electron chi connectivity index (χ1n) is 2.99. The van der Waals surface area contributed by atoms with Crippen molar-refractivity contribution in [2.24, 2.45) is 0 Å². The third-order valence-electron chi connectivity index (χ3n) is 1.24. The molecule has 1 aromatic heterocycles. The molecule has 64 valence electrons. The maximum atomic E-state index is 12.3. The number of pyridine rings is 1. The third-order valence-corrected chi connectivity index (χ3v) is 1.45. The van der Waals surface area contributed by atoms with Gasteiger partial charge in [0.15, 0.2) is 5.75 Å². The van der Waals surface area contributed by atoms with Crippen LogP contribution in [0, 0.1) is 0 Å². The smallest absolute Gasteiger partial charge is 0.393 e. The topological polar surface area (TPSA) is 31.4 Å². The maximum Gasteiger partial charge on any atom is 0.587 e. The van der Waals surface area contributed by atoms with Gasteiger partial charge in [-0.25, -0.2) is 0 Å². The number of aromatic nitrogens is 1. The van der Waals surface area contributed by atoms with E-state index >= 15 is 0 Å². The molecule has 12 heavy (non-hydrogen) atoms. The van der Waals surface area contributed by atoms with E-state index in [2.05, 4.69) is 14.5 Å². The average Bonchev–Trinajstić information content (AvgIpc) is 2.21. The van der Waals surface area contributed by atoms with E-state index in [1.165, 1.54) is 12.1 Å². The number of nitrogens with zero attached hydrogens (tertiary/aromatic N) is 1. The highest BCUT2D eigenvalue weighted by atomic mass is 35.5. The lowest BCUT2D eigenvalue weighted by atomic mass is 10.4. The molecule has 0 aliphatic carbocycles. The number of halogens is 3. The fourth-order valence-corrected chi connectivity index (χ4v) is 0.957. The van der Waals surface area contributed by atoms with Crippen molar-refractivity contribution in [3.05, 3.63) is 17.3 Å². The number of ether oxygens (including phenoxy) is 2. The second kappa shape index (κ2) is 2.20. The lowest BCUT2D eigenvalue weighted by Crippen LogP contribution is -2.26. The van der Waals surface area contributed by atoms with Crippen LogP contribution in [0.3, 0.4) is 0 Å². The Kier molecular flexibility index (Phi) is 1.38. The molecule has 0 amide bonds. The van der Waals surface area contributed by atoms with Gasteiger partial charge >= 0.3 is 6.29 Å². The normalized spacial score (nSPS) is 17.9. The van der Waals surface area contributed by atoms with Crippen molar-refractivity contribution < 1.29 is 18.3 Å². The predicted octanol–water partition coefficient (Wildman–Crippen LogP) is 2.06. The molecule has 0 saturated carbocycles. The monoisotopic (exact) mass is 193 g/mol. The lowest BCUT2D eigenvalue weighted by molar-refractivity contribution is -0.287. The summed E-state index contributed by atoms with van der Waals surface area (Å²) in [5, 5.41) is 0.0788. The van der Waals surface area contributed by atoms with E-state index in [0.29, 0.717) is 0 Å². The number of alkyl halides is 2. The van der Waals surface area contributed by atoms with Crippen molar-refractivity contribution in [1.82, 2.24) is 4.98 Å². The number of fused-ring (bicyclic) bond motifs is 1. The molecule has 1 aromatic rings. The molecule has 0 radical (unpaired) electrons. The van der Waals surface area contributed by atoms with E-state index in [-0.39, 0.29) is 16.8 Å². The van der Waals surface area contributed by atoms with Crippen molar-refractivity contribution in [3.63, 3.8) is 0 Å². The summed E-state index contributed by atoms with van der Waals surface area (Å²) in [6.07, 6.45) is -3.62. The molecule has 1 aliphatic heterocycles. The van der Waals surface area contributed by atoms with Crippen molar-refractivity contribution in [3.8, 4) is 11.6 Å². The Morgan fingerprint density at radius 2 is 2.08 bits per heavy atom. The van der Waals surface area contributed by atoms with Gasteiger partial charge in [0.05, 0.1) is 0 Å². The van der Waals surface area contributed by atoms with Gasteiger partial charge in [0.2, 0.25) is 0 Å². The minimum Gasteiger partial charge on any atom is -0.393 e. The summed E-state index contributed by atoms with van der Waals surface area (Å²) in [5.74, 6) is -0.392. The Bertz CT molecular complexity index is 331. The van der Waals surface area contributed by atoms with Gasteiger partial charge in [0.1, 0.15) is 5.15 Å². The molecule has 1 aliphatic rings. The minimum absolute atomic E-state index is 0.0788. The zero-order chi connectivity index (χ0) is 8.77. The molecule has 0 saturated heterocycles. The molecule has 0 unspecified atom stereocenters. The first-order chi connectivity index (χ1) is 5.57. The zero-order valence-electron chi connectivity index (χ0n) is 5.55. The van der Waals surface area contributed by atoms with E-state index in [9.17, 15) is 8.78 Å². The van der Waals surface area contributed by atoms with Crippen LogP contribution < -0.4 is 9.47 Å². The summed E-state index contributed by atoms with van der Waals surface area (Å²) in [5.41, 5.74) is 0. The van der Waals surface area contributed by atoms with E-state index in [1.54, 1.807) is 0 Å². The van der Waals surface area contributed by atoms with Crippen LogP contribution in [0.4, 0.5) is 8.78 Å². The third kappa shape index (κ3) is 1.16. The highest BCUT2D eigenvalue weighted by molar-refractivity contribution is 6.29. The second-order valence-electron chi connectivity index (χ2n) is 2.10. The van der Waals surface area contributed by atoms with Crippen LogP contribution in [-0.2, 0) is 0 Å². The average molecular weight is 194 g/mol. The van der Waals surface area contributed by atoms with Gasteiger partial charge in [-0.3, -0.25) is 0 Å². The number of rotatable bonds is 0. The van der Waals surface area contributed by atoms with Gasteiger partial charge in [-0.2, -0.15) is 4.98 Å². The van der Waals surface area contributed by atoms with Gasteiger partial charge in [0.25, 0.3) is 5.88 Å². The molecule has 2 heterocycles. The molecule has 6 heteroatoms.